The van der Waals surface area contributed by atoms with Crippen molar-refractivity contribution in [1.82, 2.24) is 10.6 Å². The van der Waals surface area contributed by atoms with Gasteiger partial charge in [-0.3, -0.25) is 4.79 Å². The average Bonchev–Trinajstić information content (AvgIpc) is 3.24. The molecule has 0 spiro atoms. The summed E-state index contributed by atoms with van der Waals surface area (Å²) in [6.45, 7) is 3.80. The molecule has 3 N–H and O–H groups in total. The number of rotatable bonds is 7. The monoisotopic (exact) mass is 462 g/mol. The van der Waals surface area contributed by atoms with Gasteiger partial charge < -0.3 is 20.5 Å². The number of benzene rings is 2. The number of carbonyl (C=O) groups is 3. The summed E-state index contributed by atoms with van der Waals surface area (Å²) >= 11 is 0. The van der Waals surface area contributed by atoms with Crippen molar-refractivity contribution in [2.75, 3.05) is 6.61 Å². The Bertz CT molecular complexity index is 1100. The lowest BCUT2D eigenvalue weighted by Crippen LogP contribution is -2.48. The van der Waals surface area contributed by atoms with Crippen LogP contribution in [0.25, 0.3) is 11.1 Å². The molecular weight excluding hydrogens is 432 g/mol. The molecule has 0 radical (unpaired) electrons. The van der Waals surface area contributed by atoms with Gasteiger partial charge in [-0.1, -0.05) is 62.4 Å². The molecular formula is C27H30N2O5. The third-order valence-electron chi connectivity index (χ3n) is 7.75. The Hall–Kier alpha value is -3.35. The number of hydrogen-bond donors (Lipinski definition) is 3. The topological polar surface area (TPSA) is 105 Å². The second-order valence-electron chi connectivity index (χ2n) is 10.2. The number of carboxylic acid groups (broad SMARTS) is 1. The van der Waals surface area contributed by atoms with Crippen LogP contribution in [0.2, 0.25) is 0 Å². The third-order valence-corrected chi connectivity index (χ3v) is 7.75. The molecule has 3 aliphatic carbocycles. The number of aliphatic carboxylic acids is 1. The summed E-state index contributed by atoms with van der Waals surface area (Å²) in [5, 5.41) is 15.0. The first-order valence-corrected chi connectivity index (χ1v) is 12.0. The van der Waals surface area contributed by atoms with Crippen LogP contribution in [0.15, 0.2) is 48.5 Å². The number of amides is 2. The number of fused-ring (bicyclic) bond motifs is 4. The van der Waals surface area contributed by atoms with E-state index in [1.165, 1.54) is 11.1 Å². The van der Waals surface area contributed by atoms with E-state index in [4.69, 9.17) is 4.74 Å². The fourth-order valence-corrected chi connectivity index (χ4v) is 5.89. The molecule has 0 saturated heterocycles. The Morgan fingerprint density at radius 2 is 1.65 bits per heavy atom. The Morgan fingerprint density at radius 3 is 2.24 bits per heavy atom. The molecule has 0 bridgehead atoms. The summed E-state index contributed by atoms with van der Waals surface area (Å²) in [6, 6.07) is 15.3. The predicted octanol–water partition coefficient (Wildman–Crippen LogP) is 3.92. The van der Waals surface area contributed by atoms with Crippen molar-refractivity contribution in [3.63, 3.8) is 0 Å². The largest absolute Gasteiger partial charge is 0.480 e. The average molecular weight is 463 g/mol. The van der Waals surface area contributed by atoms with Crippen LogP contribution in [-0.2, 0) is 14.3 Å². The molecule has 1 unspecified atom stereocenters. The molecule has 0 heterocycles. The van der Waals surface area contributed by atoms with E-state index in [0.717, 1.165) is 17.5 Å². The van der Waals surface area contributed by atoms with Gasteiger partial charge in [0, 0.05) is 12.0 Å². The second-order valence-corrected chi connectivity index (χ2v) is 10.2. The van der Waals surface area contributed by atoms with E-state index in [-0.39, 0.29) is 36.3 Å². The molecule has 34 heavy (non-hydrogen) atoms. The number of nitrogens with one attached hydrogen (secondary N) is 2. The van der Waals surface area contributed by atoms with Crippen LogP contribution in [0.3, 0.4) is 0 Å². The maximum absolute atomic E-state index is 12.9. The Balaban J connectivity index is 1.17. The van der Waals surface area contributed by atoms with E-state index in [2.05, 4.69) is 34.9 Å². The lowest BCUT2D eigenvalue weighted by molar-refractivity contribution is -0.144. The Kier molecular flexibility index (Phi) is 5.58. The number of hydrogen-bond acceptors (Lipinski definition) is 4. The normalized spacial score (nSPS) is 25.1. The molecule has 178 valence electrons. The number of carbonyl (C=O) groups excluding carboxylic acids is 2. The smallest absolute Gasteiger partial charge is 0.407 e. The van der Waals surface area contributed by atoms with Gasteiger partial charge in [0.2, 0.25) is 5.91 Å². The van der Waals surface area contributed by atoms with Crippen molar-refractivity contribution >= 4 is 18.0 Å². The molecule has 5 rings (SSSR count). The van der Waals surface area contributed by atoms with Gasteiger partial charge in [-0.15, -0.1) is 0 Å². The van der Waals surface area contributed by atoms with Gasteiger partial charge in [0.05, 0.1) is 5.41 Å². The molecule has 4 atom stereocenters. The first-order chi connectivity index (χ1) is 16.3. The van der Waals surface area contributed by atoms with Gasteiger partial charge >= 0.3 is 12.1 Å². The van der Waals surface area contributed by atoms with Crippen molar-refractivity contribution in [1.29, 1.82) is 0 Å². The molecule has 7 nitrogen and oxygen atoms in total. The summed E-state index contributed by atoms with van der Waals surface area (Å²) < 4.78 is 5.64. The second kappa shape index (κ2) is 8.46. The van der Waals surface area contributed by atoms with E-state index in [9.17, 15) is 19.5 Å². The van der Waals surface area contributed by atoms with Crippen LogP contribution in [0.5, 0.6) is 0 Å². The van der Waals surface area contributed by atoms with E-state index in [0.29, 0.717) is 12.8 Å². The van der Waals surface area contributed by atoms with Crippen LogP contribution in [0.1, 0.15) is 50.2 Å². The van der Waals surface area contributed by atoms with Gasteiger partial charge in [-0.05, 0) is 53.4 Å². The highest BCUT2D eigenvalue weighted by molar-refractivity contribution is 5.90. The molecule has 2 fully saturated rings. The maximum atomic E-state index is 12.9. The summed E-state index contributed by atoms with van der Waals surface area (Å²) in [7, 11) is 0. The Morgan fingerprint density at radius 1 is 1.03 bits per heavy atom. The van der Waals surface area contributed by atoms with Crippen LogP contribution in [0, 0.1) is 17.3 Å². The van der Waals surface area contributed by atoms with E-state index in [1.54, 1.807) is 13.8 Å². The predicted molar refractivity (Wildman–Crippen MR) is 126 cm³/mol. The van der Waals surface area contributed by atoms with Crippen LogP contribution in [-0.4, -0.2) is 41.8 Å². The fourth-order valence-electron chi connectivity index (χ4n) is 5.89. The highest BCUT2D eigenvalue weighted by Crippen LogP contribution is 2.63. The summed E-state index contributed by atoms with van der Waals surface area (Å²) in [4.78, 5) is 37.0. The van der Waals surface area contributed by atoms with Crippen LogP contribution < -0.4 is 10.6 Å². The number of carboxylic acids is 1. The van der Waals surface area contributed by atoms with Gasteiger partial charge in [0.1, 0.15) is 12.6 Å². The maximum Gasteiger partial charge on any atom is 0.407 e. The van der Waals surface area contributed by atoms with E-state index >= 15 is 0 Å². The highest BCUT2D eigenvalue weighted by Gasteiger charge is 2.65. The molecule has 0 aromatic heterocycles. The zero-order valence-electron chi connectivity index (χ0n) is 19.4. The summed E-state index contributed by atoms with van der Waals surface area (Å²) in [5.74, 6) is -1.27. The minimum absolute atomic E-state index is 0.00348. The molecule has 3 aliphatic rings. The van der Waals surface area contributed by atoms with Crippen molar-refractivity contribution < 1.29 is 24.2 Å². The minimum Gasteiger partial charge on any atom is -0.480 e. The fraction of sp³-hybridized carbons (Fsp3) is 0.444. The number of alkyl carbamates (subject to hydrolysis) is 1. The van der Waals surface area contributed by atoms with Crippen LogP contribution >= 0.6 is 0 Å². The van der Waals surface area contributed by atoms with Crippen molar-refractivity contribution in [2.45, 2.75) is 51.1 Å². The van der Waals surface area contributed by atoms with Crippen LogP contribution in [0.4, 0.5) is 4.79 Å². The molecule has 0 aliphatic heterocycles. The van der Waals surface area contributed by atoms with Gasteiger partial charge in [0.25, 0.3) is 0 Å². The standard InChI is InChI=1S/C27H30N2O5/c1-15(2)23(24(30)31)29-25(32)27-12-16(27)11-17(13-27)28-26(33)34-14-22-20-9-5-3-7-18(20)19-8-4-6-10-21(19)22/h3-10,15-17,22-23H,11-14H2,1-2H3,(H,28,33)(H,29,32)(H,30,31)/t16-,17+,23?,27+/m1/s1. The van der Waals surface area contributed by atoms with Crippen molar-refractivity contribution in [3.8, 4) is 11.1 Å². The molecule has 2 aromatic rings. The molecule has 7 heteroatoms. The van der Waals surface area contributed by atoms with Gasteiger partial charge in [-0.25, -0.2) is 9.59 Å². The van der Waals surface area contributed by atoms with Gasteiger partial charge in [-0.2, -0.15) is 0 Å². The molecule has 2 saturated carbocycles. The van der Waals surface area contributed by atoms with Gasteiger partial charge in [0.15, 0.2) is 0 Å². The van der Waals surface area contributed by atoms with Crippen molar-refractivity contribution in [3.05, 3.63) is 59.7 Å². The first-order valence-electron chi connectivity index (χ1n) is 12.0. The zero-order chi connectivity index (χ0) is 24.0. The van der Waals surface area contributed by atoms with Crippen molar-refractivity contribution in [2.24, 2.45) is 17.3 Å². The SMILES string of the molecule is CC(C)C(NC(=O)[C@@]12C[C@@H](NC(=O)OCC3c4ccccc4-c4ccccc43)C[C@@H]1C2)C(=O)O. The lowest BCUT2D eigenvalue weighted by atomic mass is 9.98. The number of ether oxygens (including phenoxy) is 1. The zero-order valence-corrected chi connectivity index (χ0v) is 19.4. The summed E-state index contributed by atoms with van der Waals surface area (Å²) in [5.41, 5.74) is 4.11. The highest BCUT2D eigenvalue weighted by atomic mass is 16.5. The molecule has 2 amide bonds. The van der Waals surface area contributed by atoms with E-state index < -0.39 is 23.5 Å². The molecule has 2 aromatic carbocycles. The quantitative estimate of drug-likeness (QED) is 0.579. The minimum atomic E-state index is -1.02. The first kappa shape index (κ1) is 22.4. The van der Waals surface area contributed by atoms with E-state index in [1.807, 2.05) is 24.3 Å². The Labute approximate surface area is 198 Å². The third kappa shape index (κ3) is 3.83. The summed E-state index contributed by atoms with van der Waals surface area (Å²) in [6.07, 6.45) is 1.48. The lowest BCUT2D eigenvalue weighted by Gasteiger charge is -2.22.